The Kier molecular flexibility index (Phi) is 5.17. The molecule has 2 aromatic heterocycles. The number of ether oxygens (including phenoxy) is 1. The molecule has 0 atom stereocenters. The van der Waals surface area contributed by atoms with Crippen molar-refractivity contribution in [1.29, 1.82) is 0 Å². The number of morpholine rings is 1. The summed E-state index contributed by atoms with van der Waals surface area (Å²) in [5.41, 5.74) is 4.18. The van der Waals surface area contributed by atoms with Crippen LogP contribution in [0.5, 0.6) is 0 Å². The average molecular weight is 416 g/mol. The molecule has 150 valence electrons. The third-order valence-electron chi connectivity index (χ3n) is 5.24. The fourth-order valence-corrected chi connectivity index (χ4v) is 4.38. The Bertz CT molecular complexity index is 1170. The SMILES string of the molecule is O=C(Nc1ccc(N2CCOCC2)cc1)c1cc(-c2cccs2)nc2ccccc12. The van der Waals surface area contributed by atoms with Crippen molar-refractivity contribution in [2.75, 3.05) is 36.5 Å². The van der Waals surface area contributed by atoms with Gasteiger partial charge in [0.15, 0.2) is 0 Å². The van der Waals surface area contributed by atoms with E-state index < -0.39 is 0 Å². The fourth-order valence-electron chi connectivity index (χ4n) is 3.69. The van der Waals surface area contributed by atoms with Crippen molar-refractivity contribution in [2.45, 2.75) is 0 Å². The summed E-state index contributed by atoms with van der Waals surface area (Å²) in [6.45, 7) is 3.28. The number of pyridine rings is 1. The van der Waals surface area contributed by atoms with E-state index in [1.165, 1.54) is 0 Å². The van der Waals surface area contributed by atoms with Crippen LogP contribution in [0.2, 0.25) is 0 Å². The highest BCUT2D eigenvalue weighted by atomic mass is 32.1. The Hall–Kier alpha value is -3.22. The first-order valence-corrected chi connectivity index (χ1v) is 10.8. The molecule has 5 nitrogen and oxygen atoms in total. The van der Waals surface area contributed by atoms with Crippen LogP contribution in [0, 0.1) is 0 Å². The maximum Gasteiger partial charge on any atom is 0.256 e. The third kappa shape index (κ3) is 3.79. The van der Waals surface area contributed by atoms with Crippen molar-refractivity contribution in [2.24, 2.45) is 0 Å². The van der Waals surface area contributed by atoms with E-state index in [1.54, 1.807) is 11.3 Å². The molecule has 3 heterocycles. The number of thiophene rings is 1. The number of aromatic nitrogens is 1. The maximum atomic E-state index is 13.2. The van der Waals surface area contributed by atoms with Crippen LogP contribution < -0.4 is 10.2 Å². The summed E-state index contributed by atoms with van der Waals surface area (Å²) in [5.74, 6) is -0.134. The first-order valence-electron chi connectivity index (χ1n) is 9.96. The Labute approximate surface area is 178 Å². The molecule has 5 rings (SSSR count). The minimum absolute atomic E-state index is 0.134. The number of carbonyl (C=O) groups excluding carboxylic acids is 1. The molecule has 0 spiro atoms. The number of nitrogens with one attached hydrogen (secondary N) is 1. The zero-order valence-electron chi connectivity index (χ0n) is 16.4. The largest absolute Gasteiger partial charge is 0.378 e. The highest BCUT2D eigenvalue weighted by Crippen LogP contribution is 2.28. The van der Waals surface area contributed by atoms with Crippen LogP contribution in [0.25, 0.3) is 21.5 Å². The number of rotatable bonds is 4. The second-order valence-corrected chi connectivity index (χ2v) is 8.10. The maximum absolute atomic E-state index is 13.2. The number of amides is 1. The predicted octanol–water partition coefficient (Wildman–Crippen LogP) is 5.05. The van der Waals surface area contributed by atoms with Gasteiger partial charge in [0.05, 0.1) is 34.9 Å². The van der Waals surface area contributed by atoms with Crippen LogP contribution in [-0.2, 0) is 4.74 Å². The van der Waals surface area contributed by atoms with E-state index in [-0.39, 0.29) is 5.91 Å². The molecule has 1 N–H and O–H groups in total. The Morgan fingerprint density at radius 2 is 1.80 bits per heavy atom. The lowest BCUT2D eigenvalue weighted by atomic mass is 10.1. The molecule has 0 bridgehead atoms. The number of benzene rings is 2. The van der Waals surface area contributed by atoms with E-state index in [0.29, 0.717) is 5.56 Å². The van der Waals surface area contributed by atoms with Crippen molar-refractivity contribution < 1.29 is 9.53 Å². The van der Waals surface area contributed by atoms with Crippen molar-refractivity contribution in [3.63, 3.8) is 0 Å². The summed E-state index contributed by atoms with van der Waals surface area (Å²) < 4.78 is 5.42. The van der Waals surface area contributed by atoms with Gasteiger partial charge in [-0.05, 0) is 47.8 Å². The molecule has 2 aromatic carbocycles. The Balaban J connectivity index is 1.43. The number of fused-ring (bicyclic) bond motifs is 1. The lowest BCUT2D eigenvalue weighted by Crippen LogP contribution is -2.36. The van der Waals surface area contributed by atoms with Gasteiger partial charge in [0.1, 0.15) is 0 Å². The Morgan fingerprint density at radius 3 is 2.57 bits per heavy atom. The van der Waals surface area contributed by atoms with Gasteiger partial charge in [-0.2, -0.15) is 0 Å². The molecule has 0 aliphatic carbocycles. The van der Waals surface area contributed by atoms with Gasteiger partial charge >= 0.3 is 0 Å². The quantitative estimate of drug-likeness (QED) is 0.507. The fraction of sp³-hybridized carbons (Fsp3) is 0.167. The molecule has 1 fully saturated rings. The predicted molar refractivity (Wildman–Crippen MR) is 122 cm³/mol. The molecule has 6 heteroatoms. The van der Waals surface area contributed by atoms with Gasteiger partial charge < -0.3 is 15.0 Å². The zero-order valence-corrected chi connectivity index (χ0v) is 17.2. The summed E-state index contributed by atoms with van der Waals surface area (Å²) in [5, 5.41) is 5.91. The second kappa shape index (κ2) is 8.26. The van der Waals surface area contributed by atoms with Crippen LogP contribution in [0.3, 0.4) is 0 Å². The van der Waals surface area contributed by atoms with E-state index in [4.69, 9.17) is 9.72 Å². The molecule has 1 amide bonds. The highest BCUT2D eigenvalue weighted by molar-refractivity contribution is 7.13. The summed E-state index contributed by atoms with van der Waals surface area (Å²) >= 11 is 1.62. The molecule has 0 unspecified atom stereocenters. The molecule has 0 saturated carbocycles. The van der Waals surface area contributed by atoms with Gasteiger partial charge in [0.2, 0.25) is 0 Å². The van der Waals surface area contributed by atoms with E-state index in [1.807, 2.05) is 72.1 Å². The van der Waals surface area contributed by atoms with Crippen molar-refractivity contribution in [3.8, 4) is 10.6 Å². The number of hydrogen-bond acceptors (Lipinski definition) is 5. The van der Waals surface area contributed by atoms with Crippen molar-refractivity contribution in [1.82, 2.24) is 4.98 Å². The summed E-state index contributed by atoms with van der Waals surface area (Å²) in [7, 11) is 0. The summed E-state index contributed by atoms with van der Waals surface area (Å²) in [4.78, 5) is 21.3. The zero-order chi connectivity index (χ0) is 20.3. The van der Waals surface area contributed by atoms with Crippen molar-refractivity contribution in [3.05, 3.63) is 77.7 Å². The molecule has 1 saturated heterocycles. The van der Waals surface area contributed by atoms with E-state index in [9.17, 15) is 4.79 Å². The molecule has 1 aliphatic heterocycles. The normalized spacial score (nSPS) is 14.1. The van der Waals surface area contributed by atoms with Gasteiger partial charge in [0.25, 0.3) is 5.91 Å². The molecular formula is C24H21N3O2S. The molecule has 30 heavy (non-hydrogen) atoms. The van der Waals surface area contributed by atoms with Gasteiger partial charge in [0, 0.05) is 29.9 Å². The van der Waals surface area contributed by atoms with Crippen LogP contribution in [0.4, 0.5) is 11.4 Å². The third-order valence-corrected chi connectivity index (χ3v) is 6.13. The monoisotopic (exact) mass is 415 g/mol. The van der Waals surface area contributed by atoms with Gasteiger partial charge in [-0.3, -0.25) is 4.79 Å². The van der Waals surface area contributed by atoms with E-state index >= 15 is 0 Å². The average Bonchev–Trinajstić information content (AvgIpc) is 3.34. The first-order chi connectivity index (χ1) is 14.8. The highest BCUT2D eigenvalue weighted by Gasteiger charge is 2.15. The van der Waals surface area contributed by atoms with E-state index in [2.05, 4.69) is 10.2 Å². The lowest BCUT2D eigenvalue weighted by molar-refractivity contribution is 0.102. The first kappa shape index (κ1) is 18.8. The van der Waals surface area contributed by atoms with Crippen LogP contribution >= 0.6 is 11.3 Å². The van der Waals surface area contributed by atoms with Crippen molar-refractivity contribution >= 4 is 39.5 Å². The van der Waals surface area contributed by atoms with Crippen LogP contribution in [-0.4, -0.2) is 37.2 Å². The second-order valence-electron chi connectivity index (χ2n) is 7.15. The molecular weight excluding hydrogens is 394 g/mol. The van der Waals surface area contributed by atoms with Gasteiger partial charge in [-0.25, -0.2) is 4.98 Å². The number of carbonyl (C=O) groups is 1. The smallest absolute Gasteiger partial charge is 0.256 e. The molecule has 4 aromatic rings. The standard InChI is InChI=1S/C24H21N3O2S/c28-24(25-17-7-9-18(10-8-17)27-11-13-29-14-12-27)20-16-22(23-6-3-15-30-23)26-21-5-2-1-4-19(20)21/h1-10,15-16H,11-14H2,(H,25,28). The number of hydrogen-bond donors (Lipinski definition) is 1. The molecule has 0 radical (unpaired) electrons. The van der Waals surface area contributed by atoms with Gasteiger partial charge in [-0.15, -0.1) is 11.3 Å². The summed E-state index contributed by atoms with van der Waals surface area (Å²) in [6.07, 6.45) is 0. The number of nitrogens with zero attached hydrogens (tertiary/aromatic N) is 2. The van der Waals surface area contributed by atoms with Gasteiger partial charge in [-0.1, -0.05) is 24.3 Å². The summed E-state index contributed by atoms with van der Waals surface area (Å²) in [6, 6.07) is 21.6. The van der Waals surface area contributed by atoms with Crippen LogP contribution in [0.1, 0.15) is 10.4 Å². The molecule has 1 aliphatic rings. The minimum Gasteiger partial charge on any atom is -0.378 e. The number of para-hydroxylation sites is 1. The van der Waals surface area contributed by atoms with E-state index in [0.717, 1.165) is 59.2 Å². The van der Waals surface area contributed by atoms with Crippen LogP contribution in [0.15, 0.2) is 72.1 Å². The minimum atomic E-state index is -0.134. The lowest BCUT2D eigenvalue weighted by Gasteiger charge is -2.28. The Morgan fingerprint density at radius 1 is 1.00 bits per heavy atom. The number of anilines is 2. The topological polar surface area (TPSA) is 54.5 Å².